The van der Waals surface area contributed by atoms with E-state index in [1.54, 1.807) is 35.2 Å². The molecule has 8 nitrogen and oxygen atoms in total. The number of carbonyl (C=O) groups excluding carboxylic acids is 4. The van der Waals surface area contributed by atoms with E-state index in [9.17, 15) is 19.2 Å². The summed E-state index contributed by atoms with van der Waals surface area (Å²) < 4.78 is 5.89. The summed E-state index contributed by atoms with van der Waals surface area (Å²) in [6.45, 7) is 1.30. The molecule has 0 bridgehead atoms. The third-order valence-electron chi connectivity index (χ3n) is 5.60. The van der Waals surface area contributed by atoms with E-state index in [0.717, 1.165) is 4.47 Å². The molecule has 2 aliphatic rings. The highest BCUT2D eigenvalue weighted by Gasteiger charge is 2.35. The third kappa shape index (κ3) is 4.56. The lowest BCUT2D eigenvalue weighted by Gasteiger charge is -2.32. The molecule has 9 heteroatoms. The summed E-state index contributed by atoms with van der Waals surface area (Å²) in [4.78, 5) is 52.4. The van der Waals surface area contributed by atoms with Gasteiger partial charge in [0.25, 0.3) is 17.7 Å². The van der Waals surface area contributed by atoms with E-state index < -0.39 is 0 Å². The Hall–Kier alpha value is -2.94. The fourth-order valence-electron chi connectivity index (χ4n) is 3.95. The second kappa shape index (κ2) is 9.05. The average Bonchev–Trinajstić information content (AvgIpc) is 3.37. The van der Waals surface area contributed by atoms with Gasteiger partial charge in [-0.3, -0.25) is 24.1 Å². The molecule has 4 rings (SSSR count). The average molecular weight is 488 g/mol. The summed E-state index contributed by atoms with van der Waals surface area (Å²) in [6, 6.07) is 8.34. The zero-order valence-electron chi connectivity index (χ0n) is 16.8. The molecule has 0 atom stereocenters. The van der Waals surface area contributed by atoms with Crippen LogP contribution in [0.25, 0.3) is 0 Å². The number of rotatable bonds is 6. The maximum absolute atomic E-state index is 12.5. The normalized spacial score (nSPS) is 16.5. The van der Waals surface area contributed by atoms with Gasteiger partial charge in [-0.1, -0.05) is 15.9 Å². The van der Waals surface area contributed by atoms with Crippen LogP contribution in [0.3, 0.4) is 0 Å². The lowest BCUT2D eigenvalue weighted by molar-refractivity contribution is -0.122. The first kappa shape index (κ1) is 21.3. The van der Waals surface area contributed by atoms with Crippen molar-refractivity contribution in [2.75, 3.05) is 19.6 Å². The van der Waals surface area contributed by atoms with Crippen LogP contribution in [0.2, 0.25) is 0 Å². The number of nitrogens with zero attached hydrogens (tertiary/aromatic N) is 2. The summed E-state index contributed by atoms with van der Waals surface area (Å²) in [5.41, 5.74) is 0.785. The molecule has 1 saturated heterocycles. The predicted molar refractivity (Wildman–Crippen MR) is 115 cm³/mol. The van der Waals surface area contributed by atoms with Crippen molar-refractivity contribution in [1.82, 2.24) is 15.1 Å². The molecular formula is C22H22BrN3O5. The zero-order valence-corrected chi connectivity index (χ0v) is 18.4. The van der Waals surface area contributed by atoms with Crippen molar-refractivity contribution in [2.24, 2.45) is 0 Å². The fraction of sp³-hybridized carbons (Fsp3) is 0.364. The predicted octanol–water partition coefficient (Wildman–Crippen LogP) is 2.84. The number of nitrogens with one attached hydrogen (secondary N) is 1. The maximum atomic E-state index is 12.5. The zero-order chi connectivity index (χ0) is 22.0. The smallest absolute Gasteiger partial charge is 0.289 e. The molecule has 1 fully saturated rings. The highest BCUT2D eigenvalue weighted by Crippen LogP contribution is 2.26. The first-order chi connectivity index (χ1) is 14.9. The molecule has 2 aliphatic heterocycles. The van der Waals surface area contributed by atoms with Crippen molar-refractivity contribution in [3.8, 4) is 0 Å². The lowest BCUT2D eigenvalue weighted by atomic mass is 10.0. The molecule has 31 heavy (non-hydrogen) atoms. The van der Waals surface area contributed by atoms with Gasteiger partial charge in [0.15, 0.2) is 5.76 Å². The Morgan fingerprint density at radius 3 is 2.55 bits per heavy atom. The number of amides is 4. The van der Waals surface area contributed by atoms with Crippen LogP contribution in [0, 0.1) is 0 Å². The Morgan fingerprint density at radius 2 is 1.84 bits per heavy atom. The molecule has 0 radical (unpaired) electrons. The van der Waals surface area contributed by atoms with Gasteiger partial charge in [0.2, 0.25) is 5.91 Å². The van der Waals surface area contributed by atoms with Crippen LogP contribution in [0.1, 0.15) is 57.0 Å². The molecular weight excluding hydrogens is 466 g/mol. The SMILES string of the molecule is O=C(CCCN1C(=O)c2ccc(Br)cc2C1=O)NC1CCN(C(=O)c2ccco2)CC1. The molecule has 162 valence electrons. The van der Waals surface area contributed by atoms with Gasteiger partial charge in [-0.2, -0.15) is 0 Å². The van der Waals surface area contributed by atoms with E-state index in [0.29, 0.717) is 49.2 Å². The van der Waals surface area contributed by atoms with E-state index in [4.69, 9.17) is 4.42 Å². The highest BCUT2D eigenvalue weighted by molar-refractivity contribution is 9.10. The van der Waals surface area contributed by atoms with E-state index >= 15 is 0 Å². The number of hydrogen-bond acceptors (Lipinski definition) is 5. The number of halogens is 1. The van der Waals surface area contributed by atoms with Crippen LogP contribution in [-0.4, -0.2) is 59.1 Å². The number of likely N-dealkylation sites (tertiary alicyclic amines) is 1. The molecule has 2 aromatic rings. The number of carbonyl (C=O) groups is 4. The van der Waals surface area contributed by atoms with Gasteiger partial charge in [-0.05, 0) is 49.6 Å². The molecule has 4 amide bonds. The number of benzene rings is 1. The van der Waals surface area contributed by atoms with Crippen molar-refractivity contribution in [2.45, 2.75) is 31.7 Å². The molecule has 3 heterocycles. The summed E-state index contributed by atoms with van der Waals surface area (Å²) in [5.74, 6) is -0.572. The summed E-state index contributed by atoms with van der Waals surface area (Å²) in [7, 11) is 0. The minimum Gasteiger partial charge on any atom is -0.459 e. The topological polar surface area (TPSA) is 99.9 Å². The first-order valence-corrected chi connectivity index (χ1v) is 11.0. The van der Waals surface area contributed by atoms with E-state index in [1.807, 2.05) is 0 Å². The second-order valence-electron chi connectivity index (χ2n) is 7.67. The fourth-order valence-corrected chi connectivity index (χ4v) is 4.31. The van der Waals surface area contributed by atoms with Crippen molar-refractivity contribution < 1.29 is 23.6 Å². The highest BCUT2D eigenvalue weighted by atomic mass is 79.9. The summed E-state index contributed by atoms with van der Waals surface area (Å²) >= 11 is 3.31. The standard InChI is InChI=1S/C22H22BrN3O5/c23-14-5-6-16-17(13-14)21(29)26(20(16)28)9-1-4-19(27)24-15-7-10-25(11-8-15)22(30)18-3-2-12-31-18/h2-3,5-6,12-13,15H,1,4,7-11H2,(H,24,27). The van der Waals surface area contributed by atoms with E-state index in [-0.39, 0.29) is 42.6 Å². The summed E-state index contributed by atoms with van der Waals surface area (Å²) in [5, 5.41) is 2.99. The van der Waals surface area contributed by atoms with Crippen molar-refractivity contribution >= 4 is 39.6 Å². The molecule has 1 aromatic heterocycles. The quantitative estimate of drug-likeness (QED) is 0.631. The minimum absolute atomic E-state index is 0.00445. The van der Waals surface area contributed by atoms with Crippen LogP contribution < -0.4 is 5.32 Å². The van der Waals surface area contributed by atoms with Gasteiger partial charge in [0, 0.05) is 36.6 Å². The van der Waals surface area contributed by atoms with Gasteiger partial charge in [-0.15, -0.1) is 0 Å². The maximum Gasteiger partial charge on any atom is 0.289 e. The molecule has 0 saturated carbocycles. The van der Waals surface area contributed by atoms with Crippen LogP contribution in [0.15, 0.2) is 45.5 Å². The lowest BCUT2D eigenvalue weighted by Crippen LogP contribution is -2.46. The Bertz CT molecular complexity index is 1010. The second-order valence-corrected chi connectivity index (χ2v) is 8.58. The van der Waals surface area contributed by atoms with Gasteiger partial charge >= 0.3 is 0 Å². The van der Waals surface area contributed by atoms with Crippen LogP contribution >= 0.6 is 15.9 Å². The number of imide groups is 1. The molecule has 1 aromatic carbocycles. The number of fused-ring (bicyclic) bond motifs is 1. The Morgan fingerprint density at radius 1 is 1.10 bits per heavy atom. The van der Waals surface area contributed by atoms with Gasteiger partial charge in [0.05, 0.1) is 17.4 Å². The van der Waals surface area contributed by atoms with Gasteiger partial charge in [-0.25, -0.2) is 0 Å². The third-order valence-corrected chi connectivity index (χ3v) is 6.09. The number of piperidine rings is 1. The van der Waals surface area contributed by atoms with E-state index in [1.165, 1.54) is 11.2 Å². The first-order valence-electron chi connectivity index (χ1n) is 10.2. The molecule has 0 spiro atoms. The minimum atomic E-state index is -0.324. The van der Waals surface area contributed by atoms with Gasteiger partial charge in [0.1, 0.15) is 0 Å². The Labute approximate surface area is 187 Å². The summed E-state index contributed by atoms with van der Waals surface area (Å²) in [6.07, 6.45) is 3.44. The van der Waals surface area contributed by atoms with Crippen LogP contribution in [0.4, 0.5) is 0 Å². The Kier molecular flexibility index (Phi) is 6.22. The molecule has 1 N–H and O–H groups in total. The van der Waals surface area contributed by atoms with Crippen molar-refractivity contribution in [1.29, 1.82) is 0 Å². The van der Waals surface area contributed by atoms with Crippen LogP contribution in [-0.2, 0) is 4.79 Å². The van der Waals surface area contributed by atoms with Gasteiger partial charge < -0.3 is 14.6 Å². The number of furan rings is 1. The monoisotopic (exact) mass is 487 g/mol. The van der Waals surface area contributed by atoms with Crippen molar-refractivity contribution in [3.05, 3.63) is 58.0 Å². The van der Waals surface area contributed by atoms with Crippen molar-refractivity contribution in [3.63, 3.8) is 0 Å². The Balaban J connectivity index is 1.20. The van der Waals surface area contributed by atoms with Crippen LogP contribution in [0.5, 0.6) is 0 Å². The van der Waals surface area contributed by atoms with E-state index in [2.05, 4.69) is 21.2 Å². The molecule has 0 unspecified atom stereocenters. The largest absolute Gasteiger partial charge is 0.459 e. The number of hydrogen-bond donors (Lipinski definition) is 1. The molecule has 0 aliphatic carbocycles.